The zero-order valence-electron chi connectivity index (χ0n) is 14.2. The number of fused-ring (bicyclic) bond motifs is 1. The van der Waals surface area contributed by atoms with Crippen molar-refractivity contribution in [1.82, 2.24) is 14.3 Å². The maximum atomic E-state index is 12.2. The van der Waals surface area contributed by atoms with Gasteiger partial charge in [-0.15, -0.1) is 0 Å². The number of hydrogen-bond acceptors (Lipinski definition) is 4. The molecule has 0 radical (unpaired) electrons. The summed E-state index contributed by atoms with van der Waals surface area (Å²) < 4.78 is 25.8. The maximum Gasteiger partial charge on any atom is 0.244 e. The molecular weight excluding hydrogens is 312 g/mol. The summed E-state index contributed by atoms with van der Waals surface area (Å²) in [5, 5.41) is 0. The lowest BCUT2D eigenvalue weighted by Gasteiger charge is -2.21. The fourth-order valence-corrected chi connectivity index (χ4v) is 3.52. The molecule has 0 fully saturated rings. The van der Waals surface area contributed by atoms with Crippen LogP contribution in [0.5, 0.6) is 0 Å². The predicted molar refractivity (Wildman–Crippen MR) is 94.1 cm³/mol. The van der Waals surface area contributed by atoms with Crippen LogP contribution in [0.2, 0.25) is 0 Å². The van der Waals surface area contributed by atoms with Gasteiger partial charge in [0.2, 0.25) is 10.0 Å². The highest BCUT2D eigenvalue weighted by molar-refractivity contribution is 7.89. The van der Waals surface area contributed by atoms with E-state index in [4.69, 9.17) is 0 Å². The van der Waals surface area contributed by atoms with Crippen molar-refractivity contribution in [1.29, 1.82) is 0 Å². The highest BCUT2D eigenvalue weighted by Gasteiger charge is 2.28. The molecule has 0 saturated heterocycles. The van der Waals surface area contributed by atoms with Crippen LogP contribution in [-0.4, -0.2) is 49.4 Å². The van der Waals surface area contributed by atoms with E-state index < -0.39 is 10.0 Å². The molecule has 0 saturated carbocycles. The largest absolute Gasteiger partial charge is 0.369 e. The number of aromatic amines is 1. The average molecular weight is 338 g/mol. The first-order valence-corrected chi connectivity index (χ1v) is 9.24. The van der Waals surface area contributed by atoms with Crippen LogP contribution in [0.25, 0.3) is 0 Å². The monoisotopic (exact) mass is 338 g/mol. The van der Waals surface area contributed by atoms with Gasteiger partial charge in [-0.25, -0.2) is 13.4 Å². The Balaban J connectivity index is 0.000000317. The van der Waals surface area contributed by atoms with E-state index in [2.05, 4.69) is 14.9 Å². The Labute approximate surface area is 139 Å². The Kier molecular flexibility index (Phi) is 7.77. The number of nitrogens with one attached hydrogen (secondary N) is 1. The Bertz CT molecular complexity index is 639. The minimum Gasteiger partial charge on any atom is -0.369 e. The number of nitrogens with zero attached hydrogens (tertiary/aromatic N) is 3. The number of likely N-dealkylation sites (N-methyl/N-ethyl adjacent to an activating group) is 2. The molecule has 0 aliphatic carbocycles. The molecule has 1 aromatic carbocycles. The second-order valence-electron chi connectivity index (χ2n) is 4.63. The number of para-hydroxylation sites is 1. The molecule has 0 atom stereocenters. The number of hydrogen-bond donors (Lipinski definition) is 1. The molecule has 1 aliphatic heterocycles. The fourth-order valence-electron chi connectivity index (χ4n) is 2.15. The minimum atomic E-state index is -3.31. The lowest BCUT2D eigenvalue weighted by Crippen LogP contribution is -2.31. The number of anilines is 1. The van der Waals surface area contributed by atoms with Crippen LogP contribution < -0.4 is 4.90 Å². The molecule has 23 heavy (non-hydrogen) atoms. The highest BCUT2D eigenvalue weighted by atomic mass is 32.2. The first kappa shape index (κ1) is 19.2. The van der Waals surface area contributed by atoms with Crippen LogP contribution in [0.15, 0.2) is 47.9 Å². The summed E-state index contributed by atoms with van der Waals surface area (Å²) in [6.07, 6.45) is 5.08. The van der Waals surface area contributed by atoms with Crippen molar-refractivity contribution in [2.75, 3.05) is 31.6 Å². The first-order chi connectivity index (χ1) is 11.1. The van der Waals surface area contributed by atoms with E-state index in [1.54, 1.807) is 37.9 Å². The van der Waals surface area contributed by atoms with Crippen LogP contribution in [0.4, 0.5) is 5.69 Å². The number of sulfonamides is 1. The van der Waals surface area contributed by atoms with Crippen LogP contribution >= 0.6 is 0 Å². The lowest BCUT2D eigenvalue weighted by atomic mass is 10.3. The maximum absolute atomic E-state index is 12.2. The molecule has 0 spiro atoms. The number of benzene rings is 1. The molecule has 1 aromatic heterocycles. The van der Waals surface area contributed by atoms with Gasteiger partial charge in [-0.05, 0) is 19.1 Å². The first-order valence-electron chi connectivity index (χ1n) is 7.80. The highest BCUT2D eigenvalue weighted by Crippen LogP contribution is 2.29. The molecule has 6 nitrogen and oxygen atoms in total. The van der Waals surface area contributed by atoms with Crippen molar-refractivity contribution in [3.8, 4) is 0 Å². The number of aromatic nitrogens is 2. The van der Waals surface area contributed by atoms with E-state index >= 15 is 0 Å². The molecule has 0 amide bonds. The van der Waals surface area contributed by atoms with Crippen LogP contribution in [0.1, 0.15) is 20.8 Å². The Morgan fingerprint density at radius 3 is 2.43 bits per heavy atom. The molecular formula is C16H26N4O2S. The van der Waals surface area contributed by atoms with Crippen molar-refractivity contribution in [3.63, 3.8) is 0 Å². The molecule has 0 bridgehead atoms. The zero-order chi connectivity index (χ0) is 17.3. The third-order valence-corrected chi connectivity index (χ3v) is 5.27. The van der Waals surface area contributed by atoms with E-state index in [1.807, 2.05) is 32.9 Å². The van der Waals surface area contributed by atoms with E-state index in [0.29, 0.717) is 11.4 Å². The van der Waals surface area contributed by atoms with Crippen molar-refractivity contribution >= 4 is 15.7 Å². The smallest absolute Gasteiger partial charge is 0.244 e. The number of imidazole rings is 1. The van der Waals surface area contributed by atoms with Crippen molar-refractivity contribution < 1.29 is 8.42 Å². The van der Waals surface area contributed by atoms with E-state index in [1.165, 1.54) is 4.31 Å². The SMILES string of the molecule is CC.CCN1CCN(C)S(=O)(=O)c2ccccc21.c1c[nH]cn1. The third kappa shape index (κ3) is 4.80. The summed E-state index contributed by atoms with van der Waals surface area (Å²) in [4.78, 5) is 8.92. The fraction of sp³-hybridized carbons (Fsp3) is 0.438. The van der Waals surface area contributed by atoms with Gasteiger partial charge in [0, 0.05) is 39.1 Å². The Morgan fingerprint density at radius 2 is 1.91 bits per heavy atom. The number of H-pyrrole nitrogens is 1. The second kappa shape index (κ2) is 9.32. The normalized spacial score (nSPS) is 16.1. The molecule has 3 rings (SSSR count). The van der Waals surface area contributed by atoms with Gasteiger partial charge in [0.15, 0.2) is 0 Å². The lowest BCUT2D eigenvalue weighted by molar-refractivity contribution is 0.479. The average Bonchev–Trinajstić information content (AvgIpc) is 3.14. The van der Waals surface area contributed by atoms with Gasteiger partial charge in [0.25, 0.3) is 0 Å². The van der Waals surface area contributed by atoms with Crippen LogP contribution in [0.3, 0.4) is 0 Å². The van der Waals surface area contributed by atoms with Crippen LogP contribution in [-0.2, 0) is 10.0 Å². The number of rotatable bonds is 1. The molecule has 1 N–H and O–H groups in total. The summed E-state index contributed by atoms with van der Waals surface area (Å²) in [5.74, 6) is 0. The molecule has 2 heterocycles. The standard InChI is InChI=1S/C11H16N2O2S.C3H4N2.C2H6/c1-3-13-9-8-12(2)16(14,15)11-7-5-4-6-10(11)13;1-2-5-3-4-1;1-2/h4-7H,3,8-9H2,1-2H3;1-3H,(H,4,5);1-2H3. The van der Waals surface area contributed by atoms with Gasteiger partial charge < -0.3 is 9.88 Å². The summed E-state index contributed by atoms with van der Waals surface area (Å²) in [6, 6.07) is 7.19. The zero-order valence-corrected chi connectivity index (χ0v) is 15.0. The molecule has 1 aliphatic rings. The van der Waals surface area contributed by atoms with Crippen LogP contribution in [0, 0.1) is 0 Å². The molecule has 128 valence electrons. The molecule has 2 aromatic rings. The second-order valence-corrected chi connectivity index (χ2v) is 6.65. The predicted octanol–water partition coefficient (Wildman–Crippen LogP) is 2.58. The van der Waals surface area contributed by atoms with Crippen molar-refractivity contribution in [2.24, 2.45) is 0 Å². The summed E-state index contributed by atoms with van der Waals surface area (Å²) in [6.45, 7) is 8.13. The third-order valence-electron chi connectivity index (χ3n) is 3.37. The summed E-state index contributed by atoms with van der Waals surface area (Å²) in [5.41, 5.74) is 0.814. The topological polar surface area (TPSA) is 69.3 Å². The minimum absolute atomic E-state index is 0.414. The van der Waals surface area contributed by atoms with Crippen molar-refractivity contribution in [3.05, 3.63) is 43.0 Å². The summed E-state index contributed by atoms with van der Waals surface area (Å²) >= 11 is 0. The van der Waals surface area contributed by atoms with Gasteiger partial charge in [-0.3, -0.25) is 0 Å². The van der Waals surface area contributed by atoms with E-state index in [-0.39, 0.29) is 0 Å². The quantitative estimate of drug-likeness (QED) is 0.868. The van der Waals surface area contributed by atoms with Gasteiger partial charge in [-0.2, -0.15) is 4.31 Å². The Morgan fingerprint density at radius 1 is 1.22 bits per heavy atom. The van der Waals surface area contributed by atoms with Gasteiger partial charge >= 0.3 is 0 Å². The molecule has 7 heteroatoms. The van der Waals surface area contributed by atoms with E-state index in [0.717, 1.165) is 18.8 Å². The van der Waals surface area contributed by atoms with E-state index in [9.17, 15) is 8.42 Å². The summed E-state index contributed by atoms with van der Waals surface area (Å²) in [7, 11) is -1.68. The van der Waals surface area contributed by atoms with Gasteiger partial charge in [0.1, 0.15) is 4.90 Å². The van der Waals surface area contributed by atoms with Gasteiger partial charge in [-0.1, -0.05) is 26.0 Å². The molecule has 0 unspecified atom stereocenters. The van der Waals surface area contributed by atoms with Crippen molar-refractivity contribution in [2.45, 2.75) is 25.7 Å². The van der Waals surface area contributed by atoms with Gasteiger partial charge in [0.05, 0.1) is 12.0 Å². The Hall–Kier alpha value is -1.86.